The van der Waals surface area contributed by atoms with E-state index in [1.54, 1.807) is 43.3 Å². The van der Waals surface area contributed by atoms with Crippen LogP contribution in [0.3, 0.4) is 0 Å². The summed E-state index contributed by atoms with van der Waals surface area (Å²) in [6.07, 6.45) is 1.49. The molecule has 1 aliphatic rings. The Kier molecular flexibility index (Phi) is 8.15. The predicted octanol–water partition coefficient (Wildman–Crippen LogP) is 3.85. The summed E-state index contributed by atoms with van der Waals surface area (Å²) in [7, 11) is 0. The van der Waals surface area contributed by atoms with Crippen molar-refractivity contribution < 1.29 is 18.7 Å². The first-order chi connectivity index (χ1) is 17.0. The Morgan fingerprint density at radius 2 is 1.74 bits per heavy atom. The average molecular weight is 496 g/mol. The van der Waals surface area contributed by atoms with Gasteiger partial charge in [0.15, 0.2) is 0 Å². The summed E-state index contributed by atoms with van der Waals surface area (Å²) >= 11 is 1.32. The maximum atomic E-state index is 14.1. The maximum absolute atomic E-state index is 14.1. The number of aromatic nitrogens is 2. The Morgan fingerprint density at radius 1 is 1.03 bits per heavy atom. The number of hydrogen-bond donors (Lipinski definition) is 1. The number of ether oxygens (including phenoxy) is 1. The summed E-state index contributed by atoms with van der Waals surface area (Å²) in [5.74, 6) is 0.171. The van der Waals surface area contributed by atoms with E-state index in [-0.39, 0.29) is 17.5 Å². The van der Waals surface area contributed by atoms with Crippen molar-refractivity contribution in [2.45, 2.75) is 11.9 Å². The molecule has 4 rings (SSSR count). The predicted molar refractivity (Wildman–Crippen MR) is 135 cm³/mol. The van der Waals surface area contributed by atoms with Crippen LogP contribution in [0.1, 0.15) is 17.3 Å². The van der Waals surface area contributed by atoms with Crippen molar-refractivity contribution in [1.29, 1.82) is 0 Å². The molecule has 35 heavy (non-hydrogen) atoms. The van der Waals surface area contributed by atoms with E-state index >= 15 is 0 Å². The number of piperazine rings is 1. The van der Waals surface area contributed by atoms with E-state index in [4.69, 9.17) is 4.74 Å². The minimum atomic E-state index is -0.394. The first-order valence-electron chi connectivity index (χ1n) is 11.3. The van der Waals surface area contributed by atoms with Crippen LogP contribution in [0.2, 0.25) is 0 Å². The van der Waals surface area contributed by atoms with Crippen LogP contribution >= 0.6 is 11.8 Å². The maximum Gasteiger partial charge on any atom is 0.338 e. The largest absolute Gasteiger partial charge is 0.462 e. The summed E-state index contributed by atoms with van der Waals surface area (Å²) in [6, 6.07) is 15.2. The van der Waals surface area contributed by atoms with Crippen LogP contribution in [0.5, 0.6) is 0 Å². The zero-order valence-electron chi connectivity index (χ0n) is 19.3. The number of thioether (sulfide) groups is 1. The van der Waals surface area contributed by atoms with Crippen molar-refractivity contribution in [2.24, 2.45) is 0 Å². The number of hydrogen-bond acceptors (Lipinski definition) is 8. The molecule has 0 atom stereocenters. The van der Waals surface area contributed by atoms with Crippen molar-refractivity contribution in [2.75, 3.05) is 53.7 Å². The third-order valence-electron chi connectivity index (χ3n) is 5.46. The van der Waals surface area contributed by atoms with Gasteiger partial charge in [0.2, 0.25) is 5.91 Å². The molecule has 1 saturated heterocycles. The van der Waals surface area contributed by atoms with Crippen molar-refractivity contribution in [3.05, 3.63) is 72.3 Å². The second kappa shape index (κ2) is 11.7. The van der Waals surface area contributed by atoms with Gasteiger partial charge < -0.3 is 19.9 Å². The van der Waals surface area contributed by atoms with Gasteiger partial charge in [0, 0.05) is 37.9 Å². The molecule has 2 heterocycles. The normalized spacial score (nSPS) is 13.4. The van der Waals surface area contributed by atoms with E-state index in [0.29, 0.717) is 54.8 Å². The molecule has 0 radical (unpaired) electrons. The first-order valence-corrected chi connectivity index (χ1v) is 12.3. The SMILES string of the molecule is CCOC(=O)c1ccc(NC(=O)CSc2cc(N3CCN(c4ccccc4F)CC3)ncn2)cc1. The van der Waals surface area contributed by atoms with E-state index in [2.05, 4.69) is 20.2 Å². The standard InChI is InChI=1S/C25H26FN5O3S/c1-2-34-25(33)18-7-9-19(10-8-18)29-23(32)16-35-24-15-22(27-17-28-24)31-13-11-30(12-14-31)21-6-4-3-5-20(21)26/h3-10,15,17H,2,11-14,16H2,1H3,(H,29,32). The van der Waals surface area contributed by atoms with E-state index in [1.807, 2.05) is 17.0 Å². The molecule has 2 aromatic carbocycles. The number of carbonyl (C=O) groups excluding carboxylic acids is 2. The summed E-state index contributed by atoms with van der Waals surface area (Å²) in [4.78, 5) is 36.9. The van der Waals surface area contributed by atoms with Gasteiger partial charge in [-0.3, -0.25) is 4.79 Å². The highest BCUT2D eigenvalue weighted by atomic mass is 32.2. The summed E-state index contributed by atoms with van der Waals surface area (Å²) in [5, 5.41) is 3.51. The highest BCUT2D eigenvalue weighted by Gasteiger charge is 2.20. The summed E-state index contributed by atoms with van der Waals surface area (Å²) in [5.41, 5.74) is 1.65. The Labute approximate surface area is 207 Å². The number of esters is 1. The summed E-state index contributed by atoms with van der Waals surface area (Å²) in [6.45, 7) is 4.84. The van der Waals surface area contributed by atoms with Gasteiger partial charge in [-0.15, -0.1) is 0 Å². The number of carbonyl (C=O) groups is 2. The molecule has 1 fully saturated rings. The van der Waals surface area contributed by atoms with Crippen LogP contribution in [0, 0.1) is 5.82 Å². The minimum Gasteiger partial charge on any atom is -0.462 e. The Balaban J connectivity index is 1.27. The average Bonchev–Trinajstić information content (AvgIpc) is 2.89. The monoisotopic (exact) mass is 495 g/mol. The lowest BCUT2D eigenvalue weighted by molar-refractivity contribution is -0.113. The van der Waals surface area contributed by atoms with E-state index in [0.717, 1.165) is 5.82 Å². The molecule has 1 aromatic heterocycles. The van der Waals surface area contributed by atoms with Crippen LogP contribution in [-0.4, -0.2) is 60.4 Å². The molecule has 0 saturated carbocycles. The molecule has 182 valence electrons. The van der Waals surface area contributed by atoms with Gasteiger partial charge >= 0.3 is 5.97 Å². The quantitative estimate of drug-likeness (QED) is 0.287. The van der Waals surface area contributed by atoms with Crippen LogP contribution in [-0.2, 0) is 9.53 Å². The fraction of sp³-hybridized carbons (Fsp3) is 0.280. The van der Waals surface area contributed by atoms with Crippen LogP contribution < -0.4 is 15.1 Å². The van der Waals surface area contributed by atoms with Gasteiger partial charge in [0.25, 0.3) is 0 Å². The van der Waals surface area contributed by atoms with E-state index < -0.39 is 5.97 Å². The van der Waals surface area contributed by atoms with E-state index in [9.17, 15) is 14.0 Å². The first kappa shape index (κ1) is 24.5. The molecule has 10 heteroatoms. The molecule has 1 amide bonds. The molecular weight excluding hydrogens is 469 g/mol. The molecule has 0 spiro atoms. The number of amides is 1. The number of anilines is 3. The molecule has 0 bridgehead atoms. The van der Waals surface area contributed by atoms with E-state index in [1.165, 1.54) is 24.2 Å². The highest BCUT2D eigenvalue weighted by Crippen LogP contribution is 2.24. The van der Waals surface area contributed by atoms with Gasteiger partial charge in [-0.2, -0.15) is 0 Å². The Morgan fingerprint density at radius 3 is 2.46 bits per heavy atom. The number of benzene rings is 2. The van der Waals surface area contributed by atoms with Gasteiger partial charge in [0.05, 0.1) is 23.6 Å². The zero-order valence-corrected chi connectivity index (χ0v) is 20.1. The van der Waals surface area contributed by atoms with Crippen molar-refractivity contribution >= 4 is 40.8 Å². The smallest absolute Gasteiger partial charge is 0.338 e. The third kappa shape index (κ3) is 6.48. The third-order valence-corrected chi connectivity index (χ3v) is 6.38. The molecule has 3 aromatic rings. The number of halogens is 1. The number of rotatable bonds is 8. The topological polar surface area (TPSA) is 87.7 Å². The fourth-order valence-electron chi connectivity index (χ4n) is 3.71. The lowest BCUT2D eigenvalue weighted by Crippen LogP contribution is -2.47. The van der Waals surface area contributed by atoms with Crippen LogP contribution in [0.4, 0.5) is 21.6 Å². The van der Waals surface area contributed by atoms with Crippen molar-refractivity contribution in [1.82, 2.24) is 9.97 Å². The minimum absolute atomic E-state index is 0.178. The molecule has 0 unspecified atom stereocenters. The van der Waals surface area contributed by atoms with Crippen molar-refractivity contribution in [3.63, 3.8) is 0 Å². The Hall–Kier alpha value is -3.66. The highest BCUT2D eigenvalue weighted by molar-refractivity contribution is 7.99. The van der Waals surface area contributed by atoms with Gasteiger partial charge in [-0.05, 0) is 43.3 Å². The number of nitrogens with one attached hydrogen (secondary N) is 1. The molecule has 0 aliphatic carbocycles. The van der Waals surface area contributed by atoms with Gasteiger partial charge in [-0.25, -0.2) is 19.2 Å². The number of nitrogens with zero attached hydrogens (tertiary/aromatic N) is 4. The molecule has 8 nitrogen and oxygen atoms in total. The fourth-order valence-corrected chi connectivity index (χ4v) is 4.37. The van der Waals surface area contributed by atoms with Crippen molar-refractivity contribution in [3.8, 4) is 0 Å². The second-order valence-corrected chi connectivity index (χ2v) is 8.77. The second-order valence-electron chi connectivity index (χ2n) is 7.77. The zero-order chi connectivity index (χ0) is 24.6. The van der Waals surface area contributed by atoms with Crippen LogP contribution in [0.15, 0.2) is 66.0 Å². The van der Waals surface area contributed by atoms with Gasteiger partial charge in [-0.1, -0.05) is 23.9 Å². The lowest BCUT2D eigenvalue weighted by atomic mass is 10.2. The molecule has 1 N–H and O–H groups in total. The number of para-hydroxylation sites is 1. The van der Waals surface area contributed by atoms with Gasteiger partial charge in [0.1, 0.15) is 23.0 Å². The van der Waals surface area contributed by atoms with Crippen LogP contribution in [0.25, 0.3) is 0 Å². The summed E-state index contributed by atoms with van der Waals surface area (Å²) < 4.78 is 19.0. The molecular formula is C25H26FN5O3S. The Bertz CT molecular complexity index is 1170. The molecule has 1 aliphatic heterocycles. The lowest BCUT2D eigenvalue weighted by Gasteiger charge is -2.36.